The molecule has 12 heteroatoms. The Morgan fingerprint density at radius 3 is 2.91 bits per heavy atom. The highest BCUT2D eigenvalue weighted by atomic mass is 32.1. The first-order chi connectivity index (χ1) is 16.4. The Hall–Kier alpha value is -4.19. The van der Waals surface area contributed by atoms with Gasteiger partial charge in [0.15, 0.2) is 6.73 Å². The van der Waals surface area contributed by atoms with Gasteiger partial charge in [0, 0.05) is 11.4 Å². The van der Waals surface area contributed by atoms with Gasteiger partial charge in [-0.05, 0) is 42.5 Å². The van der Waals surface area contributed by atoms with Crippen molar-refractivity contribution in [2.24, 2.45) is 0 Å². The van der Waals surface area contributed by atoms with E-state index in [1.807, 2.05) is 0 Å². The van der Waals surface area contributed by atoms with Crippen LogP contribution in [0.1, 0.15) is 33.0 Å². The molecule has 6 rings (SSSR count). The SMILES string of the molecule is Nc1c(N2COc3ccc(CNC(=O)c4nc5sc6c(c5c(=O)[nH]4)CCC6)cc3N2)c(=O)c1=O. The van der Waals surface area contributed by atoms with Crippen molar-refractivity contribution >= 4 is 44.5 Å². The molecule has 0 radical (unpaired) electrons. The lowest BCUT2D eigenvalue weighted by atomic mass is 10.1. The number of carbonyl (C=O) groups excluding carboxylic acids is 1. The number of amides is 1. The van der Waals surface area contributed by atoms with Gasteiger partial charge in [-0.15, -0.1) is 11.3 Å². The van der Waals surface area contributed by atoms with Gasteiger partial charge in [0.1, 0.15) is 22.0 Å². The van der Waals surface area contributed by atoms with E-state index in [2.05, 4.69) is 20.7 Å². The van der Waals surface area contributed by atoms with Crippen LogP contribution in [0.2, 0.25) is 0 Å². The van der Waals surface area contributed by atoms with Crippen LogP contribution in [0.4, 0.5) is 17.1 Å². The highest BCUT2D eigenvalue weighted by Crippen LogP contribution is 2.34. The van der Waals surface area contributed by atoms with Gasteiger partial charge in [-0.3, -0.25) is 24.6 Å². The summed E-state index contributed by atoms with van der Waals surface area (Å²) in [6.07, 6.45) is 2.85. The van der Waals surface area contributed by atoms with Crippen LogP contribution in [-0.2, 0) is 19.4 Å². The van der Waals surface area contributed by atoms with Gasteiger partial charge in [-0.1, -0.05) is 6.07 Å². The summed E-state index contributed by atoms with van der Waals surface area (Å²) in [7, 11) is 0. The standard InChI is InChI=1S/C22H18N6O5S/c23-15-16(18(30)17(15)29)28-8-33-12-5-4-9(6-11(12)27-28)7-24-21(32)19-25-20(31)14-10-2-1-3-13(10)34-22(14)26-19/h4-6,27H,1-3,7-8,23H2,(H,24,32)(H,25,26,31). The van der Waals surface area contributed by atoms with Crippen molar-refractivity contribution in [2.75, 3.05) is 22.9 Å². The lowest BCUT2D eigenvalue weighted by Crippen LogP contribution is -2.47. The molecule has 1 aliphatic heterocycles. The average molecular weight is 478 g/mol. The summed E-state index contributed by atoms with van der Waals surface area (Å²) in [5, 5.41) is 4.73. The van der Waals surface area contributed by atoms with Crippen LogP contribution in [0, 0.1) is 0 Å². The molecule has 0 saturated carbocycles. The van der Waals surface area contributed by atoms with E-state index in [0.29, 0.717) is 21.7 Å². The van der Waals surface area contributed by atoms with Gasteiger partial charge in [0.25, 0.3) is 22.3 Å². The highest BCUT2D eigenvalue weighted by Gasteiger charge is 2.28. The van der Waals surface area contributed by atoms with Gasteiger partial charge < -0.3 is 20.8 Å². The Bertz CT molecular complexity index is 1630. The third-order valence-corrected chi connectivity index (χ3v) is 7.27. The van der Waals surface area contributed by atoms with E-state index in [9.17, 15) is 19.2 Å². The minimum Gasteiger partial charge on any atom is -0.469 e. The zero-order valence-corrected chi connectivity index (χ0v) is 18.5. The van der Waals surface area contributed by atoms with Crippen molar-refractivity contribution in [3.63, 3.8) is 0 Å². The zero-order chi connectivity index (χ0) is 23.6. The van der Waals surface area contributed by atoms with Crippen molar-refractivity contribution in [3.05, 3.63) is 70.8 Å². The molecule has 0 saturated heterocycles. The topological polar surface area (TPSA) is 160 Å². The predicted molar refractivity (Wildman–Crippen MR) is 127 cm³/mol. The van der Waals surface area contributed by atoms with Crippen LogP contribution in [0.3, 0.4) is 0 Å². The molecule has 0 spiro atoms. The second-order valence-corrected chi connectivity index (χ2v) is 9.28. The molecule has 2 aromatic heterocycles. The number of nitrogens with two attached hydrogens (primary N) is 1. The number of H-pyrrole nitrogens is 1. The van der Waals surface area contributed by atoms with Crippen molar-refractivity contribution in [2.45, 2.75) is 25.8 Å². The Morgan fingerprint density at radius 2 is 2.09 bits per heavy atom. The lowest BCUT2D eigenvalue weighted by molar-refractivity contribution is 0.0940. The van der Waals surface area contributed by atoms with Gasteiger partial charge in [-0.2, -0.15) is 0 Å². The molecule has 11 nitrogen and oxygen atoms in total. The first-order valence-corrected chi connectivity index (χ1v) is 11.4. The van der Waals surface area contributed by atoms with E-state index in [1.54, 1.807) is 18.2 Å². The van der Waals surface area contributed by atoms with Crippen molar-refractivity contribution in [1.82, 2.24) is 15.3 Å². The molecule has 0 bridgehead atoms. The summed E-state index contributed by atoms with van der Waals surface area (Å²) in [6.45, 7) is 0.171. The Labute approximate surface area is 194 Å². The van der Waals surface area contributed by atoms with Gasteiger partial charge in [-0.25, -0.2) is 9.99 Å². The summed E-state index contributed by atoms with van der Waals surface area (Å²) in [4.78, 5) is 57.3. The molecular weight excluding hydrogens is 460 g/mol. The second kappa shape index (κ2) is 7.42. The third-order valence-electron chi connectivity index (χ3n) is 6.08. The first kappa shape index (κ1) is 20.4. The van der Waals surface area contributed by atoms with E-state index in [0.717, 1.165) is 30.4 Å². The monoisotopic (exact) mass is 478 g/mol. The lowest BCUT2D eigenvalue weighted by Gasteiger charge is -2.32. The highest BCUT2D eigenvalue weighted by molar-refractivity contribution is 7.18. The van der Waals surface area contributed by atoms with Crippen LogP contribution in [0.5, 0.6) is 5.75 Å². The quantitative estimate of drug-likeness (QED) is 0.311. The van der Waals surface area contributed by atoms with Crippen LogP contribution >= 0.6 is 11.3 Å². The number of thiophene rings is 1. The molecular formula is C22H18N6O5S. The number of benzene rings is 1. The van der Waals surface area contributed by atoms with E-state index in [-0.39, 0.29) is 36.0 Å². The molecule has 2 aliphatic rings. The van der Waals surface area contributed by atoms with Crippen LogP contribution in [-0.4, -0.2) is 22.6 Å². The number of aryl methyl sites for hydroxylation is 2. The molecule has 0 atom stereocenters. The number of hydrazine groups is 1. The second-order valence-electron chi connectivity index (χ2n) is 8.20. The smallest absolute Gasteiger partial charge is 0.287 e. The average Bonchev–Trinajstić information content (AvgIpc) is 3.43. The van der Waals surface area contributed by atoms with Crippen LogP contribution < -0.4 is 42.6 Å². The predicted octanol–water partition coefficient (Wildman–Crippen LogP) is 0.765. The fourth-order valence-corrected chi connectivity index (χ4v) is 5.64. The third kappa shape index (κ3) is 3.06. The molecule has 0 fully saturated rings. The van der Waals surface area contributed by atoms with E-state index >= 15 is 0 Å². The van der Waals surface area contributed by atoms with Crippen molar-refractivity contribution < 1.29 is 9.53 Å². The number of aromatic amines is 1. The van der Waals surface area contributed by atoms with Crippen molar-refractivity contribution in [3.8, 4) is 5.75 Å². The molecule has 2 aromatic carbocycles. The number of anilines is 3. The fraction of sp³-hybridized carbons (Fsp3) is 0.227. The zero-order valence-electron chi connectivity index (χ0n) is 17.7. The van der Waals surface area contributed by atoms with E-state index in [1.165, 1.54) is 21.2 Å². The van der Waals surface area contributed by atoms with E-state index < -0.39 is 16.8 Å². The molecule has 1 amide bonds. The first-order valence-electron chi connectivity index (χ1n) is 10.6. The Kier molecular flexibility index (Phi) is 4.45. The largest absolute Gasteiger partial charge is 0.469 e. The number of carbonyl (C=O) groups is 1. The molecule has 4 aromatic rings. The van der Waals surface area contributed by atoms with Crippen molar-refractivity contribution in [1.29, 1.82) is 0 Å². The minimum atomic E-state index is -0.712. The number of fused-ring (bicyclic) bond motifs is 4. The number of hydrogen-bond donors (Lipinski definition) is 4. The molecule has 0 unspecified atom stereocenters. The van der Waals surface area contributed by atoms with Gasteiger partial charge in [0.2, 0.25) is 5.82 Å². The molecule has 3 heterocycles. The summed E-state index contributed by atoms with van der Waals surface area (Å²) < 4.78 is 5.63. The summed E-state index contributed by atoms with van der Waals surface area (Å²) in [5.74, 6) is 0.0250. The summed E-state index contributed by atoms with van der Waals surface area (Å²) in [6, 6.07) is 5.25. The number of hydrogen-bond acceptors (Lipinski definition) is 10. The number of nitrogens with one attached hydrogen (secondary N) is 3. The summed E-state index contributed by atoms with van der Waals surface area (Å²) in [5.41, 5.74) is 9.28. The minimum absolute atomic E-state index is 0.00575. The number of aromatic nitrogens is 2. The number of rotatable bonds is 4. The van der Waals surface area contributed by atoms with Gasteiger partial charge >= 0.3 is 0 Å². The maximum Gasteiger partial charge on any atom is 0.287 e. The number of nitrogens with zero attached hydrogens (tertiary/aromatic N) is 2. The summed E-state index contributed by atoms with van der Waals surface area (Å²) >= 11 is 1.48. The molecule has 5 N–H and O–H groups in total. The molecule has 172 valence electrons. The van der Waals surface area contributed by atoms with E-state index in [4.69, 9.17) is 10.5 Å². The van der Waals surface area contributed by atoms with Crippen LogP contribution in [0.15, 0.2) is 32.6 Å². The van der Waals surface area contributed by atoms with Gasteiger partial charge in [0.05, 0.1) is 11.1 Å². The normalized spacial score (nSPS) is 14.5. The maximum absolute atomic E-state index is 12.7. The Balaban J connectivity index is 1.19. The molecule has 1 aliphatic carbocycles. The fourth-order valence-electron chi connectivity index (χ4n) is 4.37. The number of ether oxygens (including phenoxy) is 1. The Morgan fingerprint density at radius 1 is 1.24 bits per heavy atom. The molecule has 34 heavy (non-hydrogen) atoms. The number of nitrogen functional groups attached to an aromatic ring is 1. The maximum atomic E-state index is 12.7. The van der Waals surface area contributed by atoms with Crippen LogP contribution in [0.25, 0.3) is 10.2 Å².